The Kier molecular flexibility index (Phi) is 10.7. The molecule has 1 heterocycles. The summed E-state index contributed by atoms with van der Waals surface area (Å²) in [6.45, 7) is 7.98. The van der Waals surface area contributed by atoms with Gasteiger partial charge in [0.05, 0.1) is 18.2 Å². The predicted octanol–water partition coefficient (Wildman–Crippen LogP) is 1.66. The van der Waals surface area contributed by atoms with Crippen molar-refractivity contribution in [3.05, 3.63) is 22.7 Å². The van der Waals surface area contributed by atoms with Gasteiger partial charge < -0.3 is 24.9 Å². The molecule has 2 rings (SSSR count). The first-order valence-corrected chi connectivity index (χ1v) is 8.01. The summed E-state index contributed by atoms with van der Waals surface area (Å²) < 4.78 is 15.0. The molecule has 0 amide bonds. The molecule has 1 aliphatic heterocycles. The van der Waals surface area contributed by atoms with Crippen molar-refractivity contribution >= 4 is 30.2 Å². The van der Waals surface area contributed by atoms with Gasteiger partial charge in [-0.25, -0.2) is 4.79 Å². The lowest BCUT2D eigenvalue weighted by Crippen LogP contribution is -2.29. The third kappa shape index (κ3) is 5.39. The fourth-order valence-corrected chi connectivity index (χ4v) is 2.23. The topological polar surface area (TPSA) is 91.0 Å². The maximum Gasteiger partial charge on any atom is 0.493 e. The van der Waals surface area contributed by atoms with Gasteiger partial charge in [0.15, 0.2) is 6.61 Å². The van der Waals surface area contributed by atoms with Gasteiger partial charge in [0.25, 0.3) is 0 Å². The molecule has 1 aliphatic rings. The summed E-state index contributed by atoms with van der Waals surface area (Å²) in [5.41, 5.74) is 6.70. The van der Waals surface area contributed by atoms with Gasteiger partial charge in [-0.05, 0) is 11.6 Å². The first-order valence-electron chi connectivity index (χ1n) is 7.64. The Balaban J connectivity index is 0.00000112. The van der Waals surface area contributed by atoms with Gasteiger partial charge in [0.2, 0.25) is 0 Å². The highest BCUT2D eigenvalue weighted by atomic mass is 35.5. The van der Waals surface area contributed by atoms with E-state index in [-0.39, 0.29) is 23.9 Å². The van der Waals surface area contributed by atoms with Crippen LogP contribution in [-0.4, -0.2) is 38.4 Å². The van der Waals surface area contributed by atoms with Gasteiger partial charge in [-0.15, -0.1) is 0 Å². The van der Waals surface area contributed by atoms with E-state index in [1.54, 1.807) is 12.1 Å². The minimum atomic E-state index is -1.14. The predicted molar refractivity (Wildman–Crippen MR) is 92.1 cm³/mol. The smallest absolute Gasteiger partial charge is 0.480 e. The van der Waals surface area contributed by atoms with E-state index in [0.717, 1.165) is 5.56 Å². The average molecular weight is 346 g/mol. The van der Waals surface area contributed by atoms with Gasteiger partial charge in [-0.1, -0.05) is 45.4 Å². The molecule has 1 aromatic rings. The van der Waals surface area contributed by atoms with E-state index in [1.165, 1.54) is 7.11 Å². The highest BCUT2D eigenvalue weighted by molar-refractivity contribution is 6.65. The molecule has 3 N–H and O–H groups in total. The number of hydrogen-bond acceptors (Lipinski definition) is 6. The van der Waals surface area contributed by atoms with E-state index in [9.17, 15) is 9.82 Å². The van der Waals surface area contributed by atoms with Crippen LogP contribution in [0.25, 0.3) is 0 Å². The van der Waals surface area contributed by atoms with Crippen LogP contribution in [0.2, 0.25) is 5.02 Å². The number of halogens is 1. The number of carbonyl (C=O) groups excluding carboxylic acids is 1. The molecule has 1 unspecified atom stereocenters. The molecule has 0 saturated carbocycles. The summed E-state index contributed by atoms with van der Waals surface area (Å²) in [5, 5.41) is 10.0. The molecule has 1 aromatic carbocycles. The highest BCUT2D eigenvalue weighted by Gasteiger charge is 2.37. The Morgan fingerprint density at radius 3 is 2.52 bits per heavy atom. The van der Waals surface area contributed by atoms with Gasteiger partial charge >= 0.3 is 13.1 Å². The van der Waals surface area contributed by atoms with Gasteiger partial charge in [0, 0.05) is 12.0 Å². The highest BCUT2D eigenvalue weighted by Crippen LogP contribution is 2.31. The monoisotopic (exact) mass is 345 g/mol. The van der Waals surface area contributed by atoms with Crippen molar-refractivity contribution in [2.75, 3.05) is 20.3 Å². The summed E-state index contributed by atoms with van der Waals surface area (Å²) >= 11 is 6.14. The van der Waals surface area contributed by atoms with Crippen molar-refractivity contribution in [1.29, 1.82) is 0 Å². The number of esters is 1. The molecule has 0 radical (unpaired) electrons. The molecular formula is C15H25BClNO5. The summed E-state index contributed by atoms with van der Waals surface area (Å²) in [6.07, 6.45) is -0.392. The molecule has 0 saturated heterocycles. The Bertz CT molecular complexity index is 501. The quantitative estimate of drug-likeness (QED) is 0.637. The number of carbonyl (C=O) groups is 1. The van der Waals surface area contributed by atoms with Crippen LogP contribution in [0, 0.1) is 0 Å². The summed E-state index contributed by atoms with van der Waals surface area (Å²) in [7, 11) is 0.122. The largest absolute Gasteiger partial charge is 0.493 e. The van der Waals surface area contributed by atoms with Crippen molar-refractivity contribution in [2.24, 2.45) is 5.73 Å². The maximum atomic E-state index is 11.0. The van der Waals surface area contributed by atoms with E-state index in [4.69, 9.17) is 26.7 Å². The molecule has 0 aliphatic carbocycles. The van der Waals surface area contributed by atoms with E-state index in [2.05, 4.69) is 4.74 Å². The Labute approximate surface area is 143 Å². The molecule has 0 fully saturated rings. The molecule has 8 heteroatoms. The van der Waals surface area contributed by atoms with E-state index in [0.29, 0.717) is 5.46 Å². The van der Waals surface area contributed by atoms with Crippen LogP contribution < -0.4 is 15.9 Å². The minimum absolute atomic E-state index is 0.213. The second kappa shape index (κ2) is 11.3. The van der Waals surface area contributed by atoms with E-state index >= 15 is 0 Å². The number of benzene rings is 1. The number of rotatable bonds is 4. The SMILES string of the molecule is CC.CC.COC(=O)COc1ccc2c(c1Cl)B(O)OC2CN. The van der Waals surface area contributed by atoms with Crippen LogP contribution in [0.3, 0.4) is 0 Å². The summed E-state index contributed by atoms with van der Waals surface area (Å²) in [6, 6.07) is 3.32. The van der Waals surface area contributed by atoms with Crippen molar-refractivity contribution < 1.29 is 23.9 Å². The fraction of sp³-hybridized carbons (Fsp3) is 0.533. The average Bonchev–Trinajstić information content (AvgIpc) is 2.94. The molecule has 1 atom stereocenters. The van der Waals surface area contributed by atoms with Crippen molar-refractivity contribution in [3.8, 4) is 5.75 Å². The zero-order chi connectivity index (χ0) is 18.0. The lowest BCUT2D eigenvalue weighted by atomic mass is 9.79. The van der Waals surface area contributed by atoms with E-state index in [1.807, 2.05) is 27.7 Å². The fourth-order valence-electron chi connectivity index (χ4n) is 1.91. The van der Waals surface area contributed by atoms with Crippen molar-refractivity contribution in [2.45, 2.75) is 33.8 Å². The van der Waals surface area contributed by atoms with Gasteiger partial charge in [0.1, 0.15) is 5.75 Å². The minimum Gasteiger partial charge on any atom is -0.480 e. The summed E-state index contributed by atoms with van der Waals surface area (Å²) in [5.74, 6) is -0.237. The Hall–Kier alpha value is -1.28. The van der Waals surface area contributed by atoms with Crippen LogP contribution in [0.1, 0.15) is 39.4 Å². The Morgan fingerprint density at radius 1 is 1.39 bits per heavy atom. The number of ether oxygens (including phenoxy) is 2. The maximum absolute atomic E-state index is 11.0. The molecular weight excluding hydrogens is 320 g/mol. The number of nitrogens with two attached hydrogens (primary N) is 1. The molecule has 130 valence electrons. The number of methoxy groups -OCH3 is 1. The third-order valence-electron chi connectivity index (χ3n) is 2.85. The van der Waals surface area contributed by atoms with Gasteiger partial charge in [-0.3, -0.25) is 0 Å². The second-order valence-corrected chi connectivity index (χ2v) is 4.34. The third-order valence-corrected chi connectivity index (χ3v) is 3.24. The van der Waals surface area contributed by atoms with Crippen molar-refractivity contribution in [1.82, 2.24) is 0 Å². The molecule has 23 heavy (non-hydrogen) atoms. The van der Waals surface area contributed by atoms with Gasteiger partial charge in [-0.2, -0.15) is 0 Å². The van der Waals surface area contributed by atoms with Crippen LogP contribution in [0.4, 0.5) is 0 Å². The standard InChI is InChI=1S/C11H13BClNO5.2C2H6/c1-17-9(15)5-18-7-3-2-6-8(4-14)19-12(16)10(6)11(7)13;2*1-2/h2-3,8,16H,4-5,14H2,1H3;2*1-2H3. The first-order chi connectivity index (χ1) is 11.1. The lowest BCUT2D eigenvalue weighted by Gasteiger charge is -2.11. The Morgan fingerprint density at radius 2 is 2.00 bits per heavy atom. The zero-order valence-corrected chi connectivity index (χ0v) is 15.0. The normalized spacial score (nSPS) is 14.8. The van der Waals surface area contributed by atoms with E-state index < -0.39 is 19.2 Å². The number of fused-ring (bicyclic) bond motifs is 1. The zero-order valence-electron chi connectivity index (χ0n) is 14.3. The molecule has 0 bridgehead atoms. The lowest BCUT2D eigenvalue weighted by molar-refractivity contribution is -0.142. The molecule has 6 nitrogen and oxygen atoms in total. The van der Waals surface area contributed by atoms with Crippen LogP contribution in [-0.2, 0) is 14.2 Å². The molecule has 0 spiro atoms. The first kappa shape index (κ1) is 21.7. The number of hydrogen-bond donors (Lipinski definition) is 2. The van der Waals surface area contributed by atoms with Crippen LogP contribution in [0.15, 0.2) is 12.1 Å². The molecule has 0 aromatic heterocycles. The van der Waals surface area contributed by atoms with Crippen LogP contribution >= 0.6 is 11.6 Å². The second-order valence-electron chi connectivity index (χ2n) is 3.96. The summed E-state index contributed by atoms with van der Waals surface area (Å²) in [4.78, 5) is 11.0. The van der Waals surface area contributed by atoms with Crippen molar-refractivity contribution in [3.63, 3.8) is 0 Å². The van der Waals surface area contributed by atoms with Crippen LogP contribution in [0.5, 0.6) is 5.75 Å².